The second-order valence-electron chi connectivity index (χ2n) is 4.92. The van der Waals surface area contributed by atoms with E-state index in [4.69, 9.17) is 0 Å². The van der Waals surface area contributed by atoms with Crippen LogP contribution < -0.4 is 0 Å². The van der Waals surface area contributed by atoms with Gasteiger partial charge in [-0.2, -0.15) is 10.2 Å². The smallest absolute Gasteiger partial charge is 0.0809 e. The molecule has 0 aliphatic heterocycles. The summed E-state index contributed by atoms with van der Waals surface area (Å²) in [5, 5.41) is 18.3. The Morgan fingerprint density at radius 3 is 2.58 bits per heavy atom. The summed E-state index contributed by atoms with van der Waals surface area (Å²) in [5.41, 5.74) is 3.89. The van der Waals surface area contributed by atoms with E-state index >= 15 is 0 Å². The number of hydrogen-bond acceptors (Lipinski definition) is 3. The molecular formula is C16H20N2O. The van der Waals surface area contributed by atoms with Crippen molar-refractivity contribution in [2.75, 3.05) is 0 Å². The number of aliphatic hydroxyl groups excluding tert-OH is 1. The Kier molecular flexibility index (Phi) is 4.63. The number of hydrogen-bond donors (Lipinski definition) is 1. The van der Waals surface area contributed by atoms with Crippen LogP contribution in [-0.4, -0.2) is 15.3 Å². The molecule has 0 radical (unpaired) electrons. The average molecular weight is 256 g/mol. The quantitative estimate of drug-likeness (QED) is 0.894. The Balaban J connectivity index is 1.91. The Morgan fingerprint density at radius 1 is 1.11 bits per heavy atom. The maximum absolute atomic E-state index is 10.2. The van der Waals surface area contributed by atoms with Crippen molar-refractivity contribution >= 4 is 0 Å². The Bertz CT molecular complexity index is 526. The zero-order valence-electron chi connectivity index (χ0n) is 11.5. The number of aryl methyl sites for hydroxylation is 3. The molecule has 1 heterocycles. The van der Waals surface area contributed by atoms with E-state index in [0.29, 0.717) is 0 Å². The van der Waals surface area contributed by atoms with Gasteiger partial charge in [-0.05, 0) is 44.7 Å². The molecule has 0 aliphatic rings. The van der Waals surface area contributed by atoms with E-state index in [1.165, 1.54) is 5.56 Å². The van der Waals surface area contributed by atoms with Gasteiger partial charge in [-0.15, -0.1) is 0 Å². The highest BCUT2D eigenvalue weighted by molar-refractivity contribution is 5.22. The van der Waals surface area contributed by atoms with Crippen LogP contribution in [0.15, 0.2) is 36.4 Å². The zero-order chi connectivity index (χ0) is 13.7. The fourth-order valence-corrected chi connectivity index (χ4v) is 2.21. The van der Waals surface area contributed by atoms with Crippen LogP contribution in [0.4, 0.5) is 0 Å². The monoisotopic (exact) mass is 256 g/mol. The van der Waals surface area contributed by atoms with Gasteiger partial charge >= 0.3 is 0 Å². The first-order valence-electron chi connectivity index (χ1n) is 6.69. The van der Waals surface area contributed by atoms with Crippen LogP contribution in [0.25, 0.3) is 0 Å². The molecule has 1 atom stereocenters. The van der Waals surface area contributed by atoms with Crippen LogP contribution in [0.1, 0.15) is 41.5 Å². The third-order valence-corrected chi connectivity index (χ3v) is 3.28. The highest BCUT2D eigenvalue weighted by atomic mass is 16.3. The first-order chi connectivity index (χ1) is 9.16. The van der Waals surface area contributed by atoms with Gasteiger partial charge in [0.05, 0.1) is 17.5 Å². The fourth-order valence-electron chi connectivity index (χ4n) is 2.21. The molecule has 1 aromatic heterocycles. The highest BCUT2D eigenvalue weighted by Gasteiger charge is 2.12. The van der Waals surface area contributed by atoms with Crippen molar-refractivity contribution in [1.82, 2.24) is 10.2 Å². The van der Waals surface area contributed by atoms with Gasteiger partial charge in [-0.3, -0.25) is 0 Å². The Morgan fingerprint density at radius 2 is 1.84 bits per heavy atom. The summed E-state index contributed by atoms with van der Waals surface area (Å²) < 4.78 is 0. The lowest BCUT2D eigenvalue weighted by Crippen LogP contribution is -2.04. The van der Waals surface area contributed by atoms with Gasteiger partial charge in [0.25, 0.3) is 0 Å². The molecule has 0 saturated carbocycles. The lowest BCUT2D eigenvalue weighted by Gasteiger charge is -2.13. The molecule has 2 aromatic rings. The van der Waals surface area contributed by atoms with Gasteiger partial charge in [-0.1, -0.05) is 30.3 Å². The lowest BCUT2D eigenvalue weighted by atomic mass is 10.0. The van der Waals surface area contributed by atoms with Crippen LogP contribution >= 0.6 is 0 Å². The third-order valence-electron chi connectivity index (χ3n) is 3.28. The van der Waals surface area contributed by atoms with Gasteiger partial charge in [0.2, 0.25) is 0 Å². The fraction of sp³-hybridized carbons (Fsp3) is 0.375. The van der Waals surface area contributed by atoms with E-state index in [1.54, 1.807) is 0 Å². The van der Waals surface area contributed by atoms with Crippen LogP contribution in [0, 0.1) is 13.8 Å². The van der Waals surface area contributed by atoms with Crippen molar-refractivity contribution in [3.63, 3.8) is 0 Å². The summed E-state index contributed by atoms with van der Waals surface area (Å²) in [7, 11) is 0. The maximum Gasteiger partial charge on any atom is 0.0809 e. The van der Waals surface area contributed by atoms with Gasteiger partial charge in [-0.25, -0.2) is 0 Å². The lowest BCUT2D eigenvalue weighted by molar-refractivity contribution is 0.163. The van der Waals surface area contributed by atoms with Crippen molar-refractivity contribution in [2.45, 2.75) is 39.2 Å². The highest BCUT2D eigenvalue weighted by Crippen LogP contribution is 2.21. The van der Waals surface area contributed by atoms with Crippen molar-refractivity contribution in [3.8, 4) is 0 Å². The predicted octanol–water partition coefficient (Wildman–Crippen LogP) is 3.15. The first kappa shape index (κ1) is 13.7. The maximum atomic E-state index is 10.2. The number of aromatic nitrogens is 2. The molecule has 0 amide bonds. The second kappa shape index (κ2) is 6.43. The molecule has 1 N–H and O–H groups in total. The largest absolute Gasteiger partial charge is 0.388 e. The molecule has 1 unspecified atom stereocenters. The normalized spacial score (nSPS) is 12.4. The molecule has 2 rings (SSSR count). The SMILES string of the molecule is Cc1cc(C(O)CCCc2ccccc2)c(C)nn1. The van der Waals surface area contributed by atoms with E-state index in [1.807, 2.05) is 38.1 Å². The topological polar surface area (TPSA) is 46.0 Å². The van der Waals surface area contributed by atoms with Crippen molar-refractivity contribution < 1.29 is 5.11 Å². The summed E-state index contributed by atoms with van der Waals surface area (Å²) in [6.45, 7) is 3.79. The molecule has 19 heavy (non-hydrogen) atoms. The van der Waals surface area contributed by atoms with Crippen LogP contribution in [-0.2, 0) is 6.42 Å². The standard InChI is InChI=1S/C16H20N2O/c1-12-11-15(13(2)18-17-12)16(19)10-6-9-14-7-4-3-5-8-14/h3-5,7-8,11,16,19H,6,9-10H2,1-2H3. The minimum atomic E-state index is -0.446. The van der Waals surface area contributed by atoms with Gasteiger partial charge in [0, 0.05) is 5.56 Å². The Hall–Kier alpha value is -1.74. The minimum absolute atomic E-state index is 0.446. The zero-order valence-corrected chi connectivity index (χ0v) is 11.5. The van der Waals surface area contributed by atoms with Crippen LogP contribution in [0.5, 0.6) is 0 Å². The average Bonchev–Trinajstić information content (AvgIpc) is 2.42. The summed E-state index contributed by atoms with van der Waals surface area (Å²) in [6.07, 6.45) is 2.26. The van der Waals surface area contributed by atoms with Gasteiger partial charge < -0.3 is 5.11 Å². The molecule has 1 aromatic carbocycles. The van der Waals surface area contributed by atoms with Crippen LogP contribution in [0.3, 0.4) is 0 Å². The van der Waals surface area contributed by atoms with Gasteiger partial charge in [0.15, 0.2) is 0 Å². The number of benzene rings is 1. The molecule has 0 bridgehead atoms. The molecule has 100 valence electrons. The van der Waals surface area contributed by atoms with E-state index in [0.717, 1.165) is 36.2 Å². The minimum Gasteiger partial charge on any atom is -0.388 e. The molecule has 0 saturated heterocycles. The molecule has 3 heteroatoms. The second-order valence-corrected chi connectivity index (χ2v) is 4.92. The Labute approximate surface area is 114 Å². The number of rotatable bonds is 5. The molecule has 0 spiro atoms. The molecular weight excluding hydrogens is 236 g/mol. The number of nitrogens with zero attached hydrogens (tertiary/aromatic N) is 2. The van der Waals surface area contributed by atoms with E-state index in [2.05, 4.69) is 22.3 Å². The van der Waals surface area contributed by atoms with Gasteiger partial charge in [0.1, 0.15) is 0 Å². The summed E-state index contributed by atoms with van der Waals surface area (Å²) in [4.78, 5) is 0. The first-order valence-corrected chi connectivity index (χ1v) is 6.69. The van der Waals surface area contributed by atoms with Crippen molar-refractivity contribution in [3.05, 3.63) is 58.9 Å². The van der Waals surface area contributed by atoms with Crippen molar-refractivity contribution in [2.24, 2.45) is 0 Å². The number of aliphatic hydroxyl groups is 1. The van der Waals surface area contributed by atoms with E-state index in [9.17, 15) is 5.11 Å². The third kappa shape index (κ3) is 3.86. The molecule has 0 fully saturated rings. The predicted molar refractivity (Wildman–Crippen MR) is 75.8 cm³/mol. The summed E-state index contributed by atoms with van der Waals surface area (Å²) >= 11 is 0. The summed E-state index contributed by atoms with van der Waals surface area (Å²) in [6, 6.07) is 12.3. The molecule has 3 nitrogen and oxygen atoms in total. The van der Waals surface area contributed by atoms with Crippen LogP contribution in [0.2, 0.25) is 0 Å². The molecule has 0 aliphatic carbocycles. The summed E-state index contributed by atoms with van der Waals surface area (Å²) in [5.74, 6) is 0. The van der Waals surface area contributed by atoms with E-state index < -0.39 is 6.10 Å². The van der Waals surface area contributed by atoms with E-state index in [-0.39, 0.29) is 0 Å². The van der Waals surface area contributed by atoms with Crippen molar-refractivity contribution in [1.29, 1.82) is 0 Å².